The monoisotopic (exact) mass is 240 g/mol. The van der Waals surface area contributed by atoms with Crippen LogP contribution in [0, 0.1) is 5.82 Å². The second kappa shape index (κ2) is 6.47. The average Bonchev–Trinajstić information content (AvgIpc) is 2.30. The van der Waals surface area contributed by atoms with E-state index in [0.29, 0.717) is 0 Å². The summed E-state index contributed by atoms with van der Waals surface area (Å²) in [5, 5.41) is 4.53. The van der Waals surface area contributed by atoms with E-state index in [4.69, 9.17) is 0 Å². The number of anilines is 1. The van der Waals surface area contributed by atoms with Gasteiger partial charge in [0, 0.05) is 0 Å². The molecule has 0 saturated carbocycles. The minimum atomic E-state index is -0.664. The van der Waals surface area contributed by atoms with Crippen LogP contribution in [0.5, 0.6) is 0 Å². The summed E-state index contributed by atoms with van der Waals surface area (Å²) in [6, 6.07) is 5.07. The first-order chi connectivity index (χ1) is 8.13. The zero-order valence-electron chi connectivity index (χ0n) is 9.33. The van der Waals surface area contributed by atoms with Crippen LogP contribution in [0.25, 0.3) is 0 Å². The fraction of sp³-hybridized carbons (Fsp3) is 0.273. The summed E-state index contributed by atoms with van der Waals surface area (Å²) in [7, 11) is 0. The van der Waals surface area contributed by atoms with E-state index in [2.05, 4.69) is 15.4 Å². The molecule has 0 atom stereocenters. The van der Waals surface area contributed by atoms with Crippen molar-refractivity contribution >= 4 is 17.7 Å². The van der Waals surface area contributed by atoms with Gasteiger partial charge in [-0.15, -0.1) is 0 Å². The van der Waals surface area contributed by atoms with Crippen molar-refractivity contribution in [3.8, 4) is 0 Å². The van der Waals surface area contributed by atoms with E-state index in [1.165, 1.54) is 18.2 Å². The topological polar surface area (TPSA) is 67.4 Å². The van der Waals surface area contributed by atoms with Crippen molar-refractivity contribution in [3.63, 3.8) is 0 Å². The van der Waals surface area contributed by atoms with Crippen LogP contribution in [0.3, 0.4) is 0 Å². The zero-order valence-corrected chi connectivity index (χ0v) is 9.33. The number of carbonyl (C=O) groups excluding carboxylic acids is 2. The van der Waals surface area contributed by atoms with E-state index in [9.17, 15) is 14.0 Å². The third-order valence-corrected chi connectivity index (χ3v) is 1.82. The molecule has 0 unspecified atom stereocenters. The summed E-state index contributed by atoms with van der Waals surface area (Å²) in [6.07, 6.45) is 0. The van der Waals surface area contributed by atoms with Crippen LogP contribution in [0.2, 0.25) is 0 Å². The summed E-state index contributed by atoms with van der Waals surface area (Å²) >= 11 is 0. The normalized spacial score (nSPS) is 9.53. The molecule has 2 amide bonds. The molecule has 6 heteroatoms. The number of urea groups is 1. The number of amides is 2. The third-order valence-electron chi connectivity index (χ3n) is 1.82. The summed E-state index contributed by atoms with van der Waals surface area (Å²) in [5.41, 5.74) is 0.0499. The Hall–Kier alpha value is -2.11. The van der Waals surface area contributed by atoms with Gasteiger partial charge in [-0.05, 0) is 19.1 Å². The lowest BCUT2D eigenvalue weighted by Gasteiger charge is -2.07. The van der Waals surface area contributed by atoms with Crippen LogP contribution in [-0.2, 0) is 9.53 Å². The zero-order chi connectivity index (χ0) is 12.7. The lowest BCUT2D eigenvalue weighted by molar-refractivity contribution is -0.141. The highest BCUT2D eigenvalue weighted by Gasteiger charge is 2.07. The number of para-hydroxylation sites is 1. The highest BCUT2D eigenvalue weighted by atomic mass is 19.1. The van der Waals surface area contributed by atoms with Gasteiger partial charge in [-0.3, -0.25) is 4.79 Å². The Morgan fingerprint density at radius 2 is 2.06 bits per heavy atom. The molecular weight excluding hydrogens is 227 g/mol. The van der Waals surface area contributed by atoms with Crippen molar-refractivity contribution in [1.29, 1.82) is 0 Å². The molecule has 0 aliphatic heterocycles. The number of hydrogen-bond donors (Lipinski definition) is 2. The smallest absolute Gasteiger partial charge is 0.325 e. The summed E-state index contributed by atoms with van der Waals surface area (Å²) in [5.74, 6) is -1.09. The summed E-state index contributed by atoms with van der Waals surface area (Å²) in [6.45, 7) is 1.65. The highest BCUT2D eigenvalue weighted by Crippen LogP contribution is 2.11. The van der Waals surface area contributed by atoms with Crippen molar-refractivity contribution in [2.45, 2.75) is 6.92 Å². The first-order valence-corrected chi connectivity index (χ1v) is 5.08. The number of hydrogen-bond acceptors (Lipinski definition) is 3. The molecule has 0 aliphatic carbocycles. The number of halogens is 1. The Bertz CT molecular complexity index is 409. The maximum Gasteiger partial charge on any atom is 0.325 e. The van der Waals surface area contributed by atoms with Crippen molar-refractivity contribution in [3.05, 3.63) is 30.1 Å². The van der Waals surface area contributed by atoms with E-state index in [1.54, 1.807) is 13.0 Å². The van der Waals surface area contributed by atoms with Crippen molar-refractivity contribution in [2.24, 2.45) is 0 Å². The molecule has 0 heterocycles. The van der Waals surface area contributed by atoms with E-state index in [0.717, 1.165) is 0 Å². The molecule has 0 aliphatic rings. The van der Waals surface area contributed by atoms with Gasteiger partial charge in [0.2, 0.25) is 0 Å². The van der Waals surface area contributed by atoms with Crippen LogP contribution in [-0.4, -0.2) is 25.2 Å². The number of nitrogens with one attached hydrogen (secondary N) is 2. The molecule has 5 nitrogen and oxygen atoms in total. The van der Waals surface area contributed by atoms with Crippen molar-refractivity contribution < 1.29 is 18.7 Å². The Morgan fingerprint density at radius 3 is 2.71 bits per heavy atom. The Morgan fingerprint density at radius 1 is 1.35 bits per heavy atom. The van der Waals surface area contributed by atoms with Gasteiger partial charge < -0.3 is 15.4 Å². The molecule has 0 saturated heterocycles. The maximum atomic E-state index is 13.1. The SMILES string of the molecule is CCOC(=O)CNC(=O)Nc1ccccc1F. The Balaban J connectivity index is 2.40. The quantitative estimate of drug-likeness (QED) is 0.784. The fourth-order valence-corrected chi connectivity index (χ4v) is 1.09. The number of carbonyl (C=O) groups is 2. The molecule has 0 aromatic heterocycles. The predicted octanol–water partition coefficient (Wildman–Crippen LogP) is 1.51. The summed E-state index contributed by atoms with van der Waals surface area (Å²) in [4.78, 5) is 22.2. The van der Waals surface area contributed by atoms with Crippen molar-refractivity contribution in [1.82, 2.24) is 5.32 Å². The molecule has 0 radical (unpaired) electrons. The van der Waals surface area contributed by atoms with Crippen LogP contribution < -0.4 is 10.6 Å². The Kier molecular flexibility index (Phi) is 4.93. The minimum absolute atomic E-state index is 0.0499. The minimum Gasteiger partial charge on any atom is -0.465 e. The van der Waals surface area contributed by atoms with E-state index >= 15 is 0 Å². The van der Waals surface area contributed by atoms with Gasteiger partial charge in [-0.2, -0.15) is 0 Å². The molecule has 2 N–H and O–H groups in total. The van der Waals surface area contributed by atoms with Gasteiger partial charge in [0.1, 0.15) is 12.4 Å². The van der Waals surface area contributed by atoms with Crippen LogP contribution in [0.1, 0.15) is 6.92 Å². The second-order valence-corrected chi connectivity index (χ2v) is 3.09. The van der Waals surface area contributed by atoms with E-state index in [1.807, 2.05) is 0 Å². The first kappa shape index (κ1) is 13.0. The van der Waals surface area contributed by atoms with Gasteiger partial charge in [0.25, 0.3) is 0 Å². The molecule has 17 heavy (non-hydrogen) atoms. The van der Waals surface area contributed by atoms with E-state index < -0.39 is 17.8 Å². The van der Waals surface area contributed by atoms with Gasteiger partial charge >= 0.3 is 12.0 Å². The van der Waals surface area contributed by atoms with E-state index in [-0.39, 0.29) is 18.8 Å². The lowest BCUT2D eigenvalue weighted by Crippen LogP contribution is -2.34. The Labute approximate surface area is 98.0 Å². The number of ether oxygens (including phenoxy) is 1. The third kappa shape index (κ3) is 4.50. The second-order valence-electron chi connectivity index (χ2n) is 3.09. The van der Waals surface area contributed by atoms with Gasteiger partial charge in [0.05, 0.1) is 12.3 Å². The number of benzene rings is 1. The van der Waals surface area contributed by atoms with Crippen molar-refractivity contribution in [2.75, 3.05) is 18.5 Å². The standard InChI is InChI=1S/C11H13FN2O3/c1-2-17-10(15)7-13-11(16)14-9-6-4-3-5-8(9)12/h3-6H,2,7H2,1H3,(H2,13,14,16). The number of esters is 1. The highest BCUT2D eigenvalue weighted by molar-refractivity contribution is 5.91. The van der Waals surface area contributed by atoms with Gasteiger partial charge in [0.15, 0.2) is 0 Å². The molecule has 92 valence electrons. The molecule has 1 aromatic rings. The molecule has 0 fully saturated rings. The largest absolute Gasteiger partial charge is 0.465 e. The average molecular weight is 240 g/mol. The van der Waals surface area contributed by atoms with Gasteiger partial charge in [-0.25, -0.2) is 9.18 Å². The first-order valence-electron chi connectivity index (χ1n) is 5.08. The van der Waals surface area contributed by atoms with Crippen LogP contribution >= 0.6 is 0 Å². The summed E-state index contributed by atoms with van der Waals surface area (Å²) < 4.78 is 17.7. The van der Waals surface area contributed by atoms with Gasteiger partial charge in [-0.1, -0.05) is 12.1 Å². The maximum absolute atomic E-state index is 13.1. The molecule has 0 bridgehead atoms. The predicted molar refractivity (Wildman–Crippen MR) is 60.1 cm³/mol. The molecule has 1 rings (SSSR count). The van der Waals surface area contributed by atoms with Crippen LogP contribution in [0.15, 0.2) is 24.3 Å². The lowest BCUT2D eigenvalue weighted by atomic mass is 10.3. The molecule has 0 spiro atoms. The fourth-order valence-electron chi connectivity index (χ4n) is 1.09. The van der Waals surface area contributed by atoms with Crippen LogP contribution in [0.4, 0.5) is 14.9 Å². The molecular formula is C11H13FN2O3. The molecule has 1 aromatic carbocycles. The number of rotatable bonds is 4.